The van der Waals surface area contributed by atoms with E-state index in [2.05, 4.69) is 15.3 Å². The number of H-pyrrole nitrogens is 1. The lowest BCUT2D eigenvalue weighted by molar-refractivity contribution is -0.120. The normalized spacial score (nSPS) is 12.2. The number of aromatic amines is 1. The molecule has 0 aliphatic heterocycles. The van der Waals surface area contributed by atoms with Gasteiger partial charge in [0.1, 0.15) is 0 Å². The van der Waals surface area contributed by atoms with Crippen molar-refractivity contribution in [1.82, 2.24) is 15.3 Å². The second-order valence-electron chi connectivity index (χ2n) is 6.19. The highest BCUT2D eigenvalue weighted by Gasteiger charge is 2.16. The molecule has 2 rings (SSSR count). The van der Waals surface area contributed by atoms with Gasteiger partial charge in [-0.2, -0.15) is 0 Å². The lowest BCUT2D eigenvalue weighted by atomic mass is 10.1. The third kappa shape index (κ3) is 7.01. The molecule has 1 atom stereocenters. The maximum atomic E-state index is 12.2. The molecule has 0 spiro atoms. The molecule has 1 aromatic carbocycles. The van der Waals surface area contributed by atoms with Gasteiger partial charge in [0.25, 0.3) is 5.56 Å². The van der Waals surface area contributed by atoms with E-state index in [-0.39, 0.29) is 29.4 Å². The molecule has 2 aromatic rings. The van der Waals surface area contributed by atoms with Crippen molar-refractivity contribution in [2.24, 2.45) is 0 Å². The van der Waals surface area contributed by atoms with Gasteiger partial charge in [0.05, 0.1) is 23.7 Å². The molecule has 0 aliphatic carbocycles. The number of rotatable bonds is 9. The number of hydrogen-bond donors (Lipinski definition) is 2. The smallest absolute Gasteiger partial charge is 0.251 e. The molecule has 7 heteroatoms. The van der Waals surface area contributed by atoms with Crippen LogP contribution in [0.5, 0.6) is 0 Å². The SMILES string of the molecule is CC(C)OCc1cc(=O)[nH]c(SC(C)C(=O)NCCc2ccccc2)n1. The van der Waals surface area contributed by atoms with Crippen LogP contribution in [0.15, 0.2) is 46.3 Å². The fourth-order valence-corrected chi connectivity index (χ4v) is 3.06. The van der Waals surface area contributed by atoms with E-state index in [1.165, 1.54) is 23.4 Å². The van der Waals surface area contributed by atoms with Crippen molar-refractivity contribution in [3.05, 3.63) is 58.0 Å². The minimum absolute atomic E-state index is 0.0570. The third-order valence-corrected chi connectivity index (χ3v) is 4.54. The molecule has 2 N–H and O–H groups in total. The summed E-state index contributed by atoms with van der Waals surface area (Å²) in [5.41, 5.74) is 1.49. The van der Waals surface area contributed by atoms with E-state index in [1.807, 2.05) is 44.2 Å². The van der Waals surface area contributed by atoms with Crippen LogP contribution in [0.4, 0.5) is 0 Å². The van der Waals surface area contributed by atoms with Gasteiger partial charge in [-0.15, -0.1) is 0 Å². The average Bonchev–Trinajstić information content (AvgIpc) is 2.60. The number of carbonyl (C=O) groups excluding carboxylic acids is 1. The van der Waals surface area contributed by atoms with E-state index in [0.29, 0.717) is 17.4 Å². The first-order valence-corrected chi connectivity index (χ1v) is 9.52. The Hall–Kier alpha value is -2.12. The third-order valence-electron chi connectivity index (χ3n) is 3.55. The van der Waals surface area contributed by atoms with Gasteiger partial charge >= 0.3 is 0 Å². The Bertz CT molecular complexity index is 762. The van der Waals surface area contributed by atoms with Crippen molar-refractivity contribution in [3.8, 4) is 0 Å². The van der Waals surface area contributed by atoms with Crippen LogP contribution in [0.25, 0.3) is 0 Å². The summed E-state index contributed by atoms with van der Waals surface area (Å²) in [4.78, 5) is 31.0. The molecular formula is C19H25N3O3S. The molecule has 140 valence electrons. The quantitative estimate of drug-likeness (QED) is 0.520. The van der Waals surface area contributed by atoms with Gasteiger partial charge in [0, 0.05) is 12.6 Å². The van der Waals surface area contributed by atoms with E-state index < -0.39 is 0 Å². The lowest BCUT2D eigenvalue weighted by Gasteiger charge is -2.12. The largest absolute Gasteiger partial charge is 0.373 e. The minimum atomic E-state index is -0.366. The number of hydrogen-bond acceptors (Lipinski definition) is 5. The zero-order chi connectivity index (χ0) is 18.9. The van der Waals surface area contributed by atoms with Crippen molar-refractivity contribution in [1.29, 1.82) is 0 Å². The molecule has 1 heterocycles. The zero-order valence-electron chi connectivity index (χ0n) is 15.3. The van der Waals surface area contributed by atoms with Crippen LogP contribution in [0.3, 0.4) is 0 Å². The molecular weight excluding hydrogens is 350 g/mol. The van der Waals surface area contributed by atoms with E-state index in [1.54, 1.807) is 6.92 Å². The minimum Gasteiger partial charge on any atom is -0.373 e. The van der Waals surface area contributed by atoms with Gasteiger partial charge in [-0.25, -0.2) is 4.98 Å². The monoisotopic (exact) mass is 375 g/mol. The zero-order valence-corrected chi connectivity index (χ0v) is 16.1. The number of carbonyl (C=O) groups is 1. The second kappa shape index (κ2) is 10.1. The first-order chi connectivity index (χ1) is 12.4. The molecule has 0 aliphatic rings. The molecule has 6 nitrogen and oxygen atoms in total. The van der Waals surface area contributed by atoms with Gasteiger partial charge in [0.2, 0.25) is 5.91 Å². The van der Waals surface area contributed by atoms with Crippen LogP contribution < -0.4 is 10.9 Å². The summed E-state index contributed by atoms with van der Waals surface area (Å²) >= 11 is 1.23. The predicted octanol–water partition coefficient (Wildman–Crippen LogP) is 2.53. The topological polar surface area (TPSA) is 84.1 Å². The van der Waals surface area contributed by atoms with Crippen LogP contribution >= 0.6 is 11.8 Å². The van der Waals surface area contributed by atoms with Gasteiger partial charge in [-0.1, -0.05) is 42.1 Å². The first-order valence-electron chi connectivity index (χ1n) is 8.64. The molecule has 1 amide bonds. The van der Waals surface area contributed by atoms with Crippen LogP contribution in [-0.4, -0.2) is 33.8 Å². The summed E-state index contributed by atoms with van der Waals surface area (Å²) in [5, 5.41) is 2.97. The van der Waals surface area contributed by atoms with Gasteiger partial charge in [-0.05, 0) is 32.8 Å². The van der Waals surface area contributed by atoms with Gasteiger partial charge < -0.3 is 15.0 Å². The molecule has 1 unspecified atom stereocenters. The molecule has 0 radical (unpaired) electrons. The predicted molar refractivity (Wildman–Crippen MR) is 103 cm³/mol. The molecule has 1 aromatic heterocycles. The number of amides is 1. The standard InChI is InChI=1S/C19H25N3O3S/c1-13(2)25-12-16-11-17(23)22-19(21-16)26-14(3)18(24)20-10-9-15-7-5-4-6-8-15/h4-8,11,13-14H,9-10,12H2,1-3H3,(H,20,24)(H,21,22,23). The Morgan fingerprint density at radius 3 is 2.69 bits per heavy atom. The highest BCUT2D eigenvalue weighted by Crippen LogP contribution is 2.18. The van der Waals surface area contributed by atoms with Crippen LogP contribution in [-0.2, 0) is 22.6 Å². The average molecular weight is 375 g/mol. The number of ether oxygens (including phenoxy) is 1. The van der Waals surface area contributed by atoms with E-state index in [9.17, 15) is 9.59 Å². The maximum Gasteiger partial charge on any atom is 0.251 e. The molecule has 0 bridgehead atoms. The Balaban J connectivity index is 1.86. The highest BCUT2D eigenvalue weighted by atomic mass is 32.2. The summed E-state index contributed by atoms with van der Waals surface area (Å²) in [6.07, 6.45) is 0.836. The van der Waals surface area contributed by atoms with Gasteiger partial charge in [0.15, 0.2) is 5.16 Å². The van der Waals surface area contributed by atoms with Crippen molar-refractivity contribution in [3.63, 3.8) is 0 Å². The maximum absolute atomic E-state index is 12.2. The Labute approximate surface area is 157 Å². The van der Waals surface area contributed by atoms with Crippen molar-refractivity contribution in [2.75, 3.05) is 6.54 Å². The van der Waals surface area contributed by atoms with E-state index in [4.69, 9.17) is 4.74 Å². The highest BCUT2D eigenvalue weighted by molar-refractivity contribution is 8.00. The molecule has 0 fully saturated rings. The van der Waals surface area contributed by atoms with Crippen molar-refractivity contribution >= 4 is 17.7 Å². The van der Waals surface area contributed by atoms with Crippen LogP contribution in [0.2, 0.25) is 0 Å². The summed E-state index contributed by atoms with van der Waals surface area (Å²) in [6.45, 7) is 6.47. The molecule has 0 saturated heterocycles. The van der Waals surface area contributed by atoms with Crippen LogP contribution in [0, 0.1) is 0 Å². The number of thioether (sulfide) groups is 1. The van der Waals surface area contributed by atoms with Crippen molar-refractivity contribution in [2.45, 2.75) is 50.3 Å². The Morgan fingerprint density at radius 2 is 2.00 bits per heavy atom. The van der Waals surface area contributed by atoms with Crippen LogP contribution in [0.1, 0.15) is 32.0 Å². The summed E-state index contributed by atoms with van der Waals surface area (Å²) < 4.78 is 5.48. The second-order valence-corrected chi connectivity index (χ2v) is 7.52. The fourth-order valence-electron chi connectivity index (χ4n) is 2.20. The van der Waals surface area contributed by atoms with Gasteiger partial charge in [-0.3, -0.25) is 9.59 Å². The number of nitrogens with zero attached hydrogens (tertiary/aromatic N) is 1. The number of benzene rings is 1. The Kier molecular flexibility index (Phi) is 7.87. The first kappa shape index (κ1) is 20.2. The van der Waals surface area contributed by atoms with E-state index in [0.717, 1.165) is 6.42 Å². The molecule has 26 heavy (non-hydrogen) atoms. The molecule has 0 saturated carbocycles. The lowest BCUT2D eigenvalue weighted by Crippen LogP contribution is -2.32. The summed E-state index contributed by atoms with van der Waals surface area (Å²) in [7, 11) is 0. The summed E-state index contributed by atoms with van der Waals surface area (Å²) in [6, 6.07) is 11.4. The number of nitrogens with one attached hydrogen (secondary N) is 2. The fraction of sp³-hybridized carbons (Fsp3) is 0.421. The number of aromatic nitrogens is 2. The Morgan fingerprint density at radius 1 is 1.27 bits per heavy atom. The van der Waals surface area contributed by atoms with Crippen molar-refractivity contribution < 1.29 is 9.53 Å². The summed E-state index contributed by atoms with van der Waals surface area (Å²) in [5.74, 6) is -0.0857. The van der Waals surface area contributed by atoms with E-state index >= 15 is 0 Å².